The number of halogens is 1. The Morgan fingerprint density at radius 3 is 3.00 bits per heavy atom. The van der Waals surface area contributed by atoms with Gasteiger partial charge in [0.15, 0.2) is 5.65 Å². The summed E-state index contributed by atoms with van der Waals surface area (Å²) in [5.41, 5.74) is 3.21. The van der Waals surface area contributed by atoms with Gasteiger partial charge in [0, 0.05) is 31.1 Å². The third-order valence-corrected chi connectivity index (χ3v) is 5.11. The van der Waals surface area contributed by atoms with E-state index in [2.05, 4.69) is 9.67 Å². The van der Waals surface area contributed by atoms with E-state index in [0.717, 1.165) is 29.1 Å². The Kier molecular flexibility index (Phi) is 3.76. The highest BCUT2D eigenvalue weighted by Gasteiger charge is 2.24. The number of thioether (sulfide) groups is 1. The van der Waals surface area contributed by atoms with Crippen molar-refractivity contribution in [1.82, 2.24) is 19.3 Å². The molecule has 0 bridgehead atoms. The molecule has 2 aromatic rings. The molecule has 1 atom stereocenters. The number of imidazole rings is 1. The molecule has 0 radical (unpaired) electrons. The molecule has 4 nitrogen and oxygen atoms in total. The van der Waals surface area contributed by atoms with Crippen molar-refractivity contribution in [2.75, 3.05) is 17.4 Å². The largest absolute Gasteiger partial charge is 0.309 e. The summed E-state index contributed by atoms with van der Waals surface area (Å²) in [7, 11) is 2.01. The molecule has 3 rings (SSSR count). The highest BCUT2D eigenvalue weighted by molar-refractivity contribution is 7.99. The Balaban J connectivity index is 2.14. The molecule has 1 aliphatic rings. The van der Waals surface area contributed by atoms with E-state index in [-0.39, 0.29) is 0 Å². The van der Waals surface area contributed by atoms with Crippen LogP contribution in [0, 0.1) is 6.92 Å². The number of hydrogen-bond donors (Lipinski definition) is 0. The summed E-state index contributed by atoms with van der Waals surface area (Å²) in [4.78, 5) is 4.78. The fourth-order valence-electron chi connectivity index (χ4n) is 2.91. The maximum Gasteiger partial charge on any atom is 0.158 e. The Labute approximate surface area is 122 Å². The Morgan fingerprint density at radius 1 is 1.47 bits per heavy atom. The van der Waals surface area contributed by atoms with Gasteiger partial charge >= 0.3 is 0 Å². The first-order valence-electron chi connectivity index (χ1n) is 6.76. The van der Waals surface area contributed by atoms with Gasteiger partial charge in [-0.05, 0) is 25.5 Å². The van der Waals surface area contributed by atoms with Crippen molar-refractivity contribution in [3.63, 3.8) is 0 Å². The summed E-state index contributed by atoms with van der Waals surface area (Å²) in [5.74, 6) is 4.19. The molecule has 19 heavy (non-hydrogen) atoms. The summed E-state index contributed by atoms with van der Waals surface area (Å²) >= 11 is 7.98. The lowest BCUT2D eigenvalue weighted by atomic mass is 10.2. The summed E-state index contributed by atoms with van der Waals surface area (Å²) in [6.07, 6.45) is 3.35. The first-order chi connectivity index (χ1) is 9.22. The zero-order chi connectivity index (χ0) is 13.4. The molecule has 1 aliphatic heterocycles. The molecule has 0 saturated carbocycles. The average Bonchev–Trinajstić information content (AvgIpc) is 2.91. The molecule has 0 spiro atoms. The van der Waals surface area contributed by atoms with E-state index < -0.39 is 0 Å². The fraction of sp³-hybridized carbons (Fsp3) is 0.692. The molecule has 2 aromatic heterocycles. The van der Waals surface area contributed by atoms with Crippen LogP contribution < -0.4 is 0 Å². The second-order valence-electron chi connectivity index (χ2n) is 5.09. The molecule has 0 N–H and O–H groups in total. The van der Waals surface area contributed by atoms with E-state index in [9.17, 15) is 0 Å². The van der Waals surface area contributed by atoms with Crippen molar-refractivity contribution in [1.29, 1.82) is 0 Å². The van der Waals surface area contributed by atoms with E-state index in [0.29, 0.717) is 11.9 Å². The topological polar surface area (TPSA) is 35.6 Å². The summed E-state index contributed by atoms with van der Waals surface area (Å²) in [5, 5.41) is 4.50. The molecule has 1 unspecified atom stereocenters. The van der Waals surface area contributed by atoms with E-state index in [1.807, 2.05) is 30.4 Å². The number of nitrogens with zero attached hydrogens (tertiary/aromatic N) is 4. The minimum Gasteiger partial charge on any atom is -0.309 e. The van der Waals surface area contributed by atoms with Crippen LogP contribution in [0.4, 0.5) is 0 Å². The van der Waals surface area contributed by atoms with Gasteiger partial charge < -0.3 is 4.57 Å². The van der Waals surface area contributed by atoms with E-state index in [1.54, 1.807) is 0 Å². The van der Waals surface area contributed by atoms with E-state index in [4.69, 9.17) is 16.6 Å². The normalized spacial score (nSPS) is 20.3. The summed E-state index contributed by atoms with van der Waals surface area (Å²) in [6, 6.07) is 0.539. The third kappa shape index (κ3) is 2.27. The SMILES string of the molecule is Cc1nn(C)c2c1nc(CCCl)n2C1CCCSC1. The monoisotopic (exact) mass is 298 g/mol. The van der Waals surface area contributed by atoms with Crippen LogP contribution in [0.2, 0.25) is 0 Å². The van der Waals surface area contributed by atoms with Crippen LogP contribution in [0.25, 0.3) is 11.2 Å². The molecule has 3 heterocycles. The molecule has 1 saturated heterocycles. The number of rotatable bonds is 3. The maximum absolute atomic E-state index is 5.94. The predicted molar refractivity (Wildman–Crippen MR) is 81.3 cm³/mol. The van der Waals surface area contributed by atoms with Crippen molar-refractivity contribution in [2.45, 2.75) is 32.2 Å². The van der Waals surface area contributed by atoms with Crippen LogP contribution >= 0.6 is 23.4 Å². The van der Waals surface area contributed by atoms with E-state index in [1.165, 1.54) is 24.3 Å². The van der Waals surface area contributed by atoms with Gasteiger partial charge in [0.05, 0.1) is 5.69 Å². The van der Waals surface area contributed by atoms with Crippen molar-refractivity contribution >= 4 is 34.5 Å². The molecular formula is C13H19ClN4S. The second kappa shape index (κ2) is 5.37. The number of alkyl halides is 1. The Hall–Kier alpha value is -0.680. The predicted octanol–water partition coefficient (Wildman–Crippen LogP) is 2.93. The lowest BCUT2D eigenvalue weighted by molar-refractivity contribution is 0.486. The summed E-state index contributed by atoms with van der Waals surface area (Å²) < 4.78 is 4.36. The number of aromatic nitrogens is 4. The third-order valence-electron chi connectivity index (χ3n) is 3.73. The molecule has 6 heteroatoms. The molecule has 104 valence electrons. The lowest BCUT2D eigenvalue weighted by Gasteiger charge is -2.25. The quantitative estimate of drug-likeness (QED) is 0.817. The van der Waals surface area contributed by atoms with Gasteiger partial charge in [0.25, 0.3) is 0 Å². The highest BCUT2D eigenvalue weighted by atomic mass is 35.5. The fourth-order valence-corrected chi connectivity index (χ4v) is 4.21. The lowest BCUT2D eigenvalue weighted by Crippen LogP contribution is -2.20. The van der Waals surface area contributed by atoms with Gasteiger partial charge in [0.1, 0.15) is 11.3 Å². The molecule has 0 amide bonds. The zero-order valence-corrected chi connectivity index (χ0v) is 13.0. The van der Waals surface area contributed by atoms with Crippen LogP contribution in [0.5, 0.6) is 0 Å². The number of hydrogen-bond acceptors (Lipinski definition) is 3. The van der Waals surface area contributed by atoms with Gasteiger partial charge in [-0.15, -0.1) is 11.6 Å². The number of fused-ring (bicyclic) bond motifs is 1. The van der Waals surface area contributed by atoms with Gasteiger partial charge in [-0.1, -0.05) is 0 Å². The minimum absolute atomic E-state index is 0.539. The minimum atomic E-state index is 0.539. The number of aryl methyl sites for hydroxylation is 3. The molecular weight excluding hydrogens is 280 g/mol. The molecule has 1 fully saturated rings. The van der Waals surface area contributed by atoms with Crippen LogP contribution in [0.3, 0.4) is 0 Å². The van der Waals surface area contributed by atoms with Gasteiger partial charge in [-0.3, -0.25) is 4.68 Å². The van der Waals surface area contributed by atoms with Gasteiger partial charge in [-0.25, -0.2) is 4.98 Å². The van der Waals surface area contributed by atoms with E-state index >= 15 is 0 Å². The second-order valence-corrected chi connectivity index (χ2v) is 6.62. The first-order valence-corrected chi connectivity index (χ1v) is 8.45. The molecule has 0 aliphatic carbocycles. The van der Waals surface area contributed by atoms with Crippen molar-refractivity contribution in [2.24, 2.45) is 7.05 Å². The van der Waals surface area contributed by atoms with Crippen LogP contribution in [0.15, 0.2) is 0 Å². The van der Waals surface area contributed by atoms with Crippen molar-refractivity contribution < 1.29 is 0 Å². The highest BCUT2D eigenvalue weighted by Crippen LogP contribution is 2.32. The van der Waals surface area contributed by atoms with Crippen LogP contribution in [-0.2, 0) is 13.5 Å². The van der Waals surface area contributed by atoms with Crippen molar-refractivity contribution in [3.8, 4) is 0 Å². The summed E-state index contributed by atoms with van der Waals surface area (Å²) in [6.45, 7) is 2.03. The van der Waals surface area contributed by atoms with Gasteiger partial charge in [0.2, 0.25) is 0 Å². The average molecular weight is 299 g/mol. The Bertz CT molecular complexity index is 583. The van der Waals surface area contributed by atoms with Crippen LogP contribution in [-0.4, -0.2) is 36.7 Å². The Morgan fingerprint density at radius 2 is 2.32 bits per heavy atom. The smallest absolute Gasteiger partial charge is 0.158 e. The standard InChI is InChI=1S/C13H19ClN4S/c1-9-12-13(17(2)16-9)18(11(15-12)5-6-14)10-4-3-7-19-8-10/h10H,3-8H2,1-2H3. The van der Waals surface area contributed by atoms with Crippen LogP contribution in [0.1, 0.15) is 30.4 Å². The molecule has 0 aromatic carbocycles. The van der Waals surface area contributed by atoms with Gasteiger partial charge in [-0.2, -0.15) is 16.9 Å². The maximum atomic E-state index is 5.94. The first kappa shape index (κ1) is 13.3. The zero-order valence-electron chi connectivity index (χ0n) is 11.4. The van der Waals surface area contributed by atoms with Crippen molar-refractivity contribution in [3.05, 3.63) is 11.5 Å².